The van der Waals surface area contributed by atoms with Crippen molar-refractivity contribution in [1.82, 2.24) is 9.97 Å². The fraction of sp³-hybridized carbons (Fsp3) is 0.389. The molecule has 3 rings (SSSR count). The SMILES string of the molecule is CN(C)c1nc(N2CCOCC2)ncc1NC(=O)c1ccccc1OC(F)(F)F. The van der Waals surface area contributed by atoms with Crippen LogP contribution in [-0.2, 0) is 4.74 Å². The number of halogens is 3. The molecule has 1 saturated heterocycles. The molecule has 1 aromatic heterocycles. The third-order valence-electron chi connectivity index (χ3n) is 4.08. The Kier molecular flexibility index (Phi) is 6.06. The van der Waals surface area contributed by atoms with Crippen LogP contribution in [0.4, 0.5) is 30.6 Å². The number of carbonyl (C=O) groups excluding carboxylic acids is 1. The number of amides is 1. The molecule has 1 aliphatic rings. The Bertz CT molecular complexity index is 870. The number of carbonyl (C=O) groups is 1. The normalized spacial score (nSPS) is 14.4. The van der Waals surface area contributed by atoms with Gasteiger partial charge in [0, 0.05) is 27.2 Å². The van der Waals surface area contributed by atoms with E-state index in [-0.39, 0.29) is 11.3 Å². The molecule has 1 aliphatic heterocycles. The number of nitrogens with one attached hydrogen (secondary N) is 1. The Morgan fingerprint density at radius 3 is 2.59 bits per heavy atom. The van der Waals surface area contributed by atoms with Gasteiger partial charge in [-0.25, -0.2) is 4.98 Å². The van der Waals surface area contributed by atoms with Gasteiger partial charge in [-0.15, -0.1) is 13.2 Å². The summed E-state index contributed by atoms with van der Waals surface area (Å²) in [4.78, 5) is 25.0. The highest BCUT2D eigenvalue weighted by Crippen LogP contribution is 2.29. The highest BCUT2D eigenvalue weighted by molar-refractivity contribution is 6.07. The molecular formula is C18H20F3N5O3. The minimum absolute atomic E-state index is 0.258. The summed E-state index contributed by atoms with van der Waals surface area (Å²) in [5.74, 6) is -0.453. The Morgan fingerprint density at radius 1 is 1.24 bits per heavy atom. The molecule has 0 atom stereocenters. The van der Waals surface area contributed by atoms with E-state index in [1.54, 1.807) is 19.0 Å². The highest BCUT2D eigenvalue weighted by Gasteiger charge is 2.33. The van der Waals surface area contributed by atoms with Crippen molar-refractivity contribution in [2.45, 2.75) is 6.36 Å². The van der Waals surface area contributed by atoms with Gasteiger partial charge in [0.2, 0.25) is 5.95 Å². The number of anilines is 3. The Morgan fingerprint density at radius 2 is 1.93 bits per heavy atom. The van der Waals surface area contributed by atoms with Gasteiger partial charge >= 0.3 is 6.36 Å². The van der Waals surface area contributed by atoms with Gasteiger partial charge < -0.3 is 24.6 Å². The number of alkyl halides is 3. The monoisotopic (exact) mass is 411 g/mol. The molecule has 0 unspecified atom stereocenters. The molecule has 0 saturated carbocycles. The summed E-state index contributed by atoms with van der Waals surface area (Å²) in [6.07, 6.45) is -3.48. The van der Waals surface area contributed by atoms with Crippen LogP contribution in [0.15, 0.2) is 30.5 Å². The summed E-state index contributed by atoms with van der Waals surface area (Å²) in [7, 11) is 3.48. The topological polar surface area (TPSA) is 79.8 Å². The minimum atomic E-state index is -4.91. The molecule has 0 spiro atoms. The van der Waals surface area contributed by atoms with E-state index >= 15 is 0 Å². The van der Waals surface area contributed by atoms with Crippen molar-refractivity contribution in [1.29, 1.82) is 0 Å². The molecule has 0 aliphatic carbocycles. The quantitative estimate of drug-likeness (QED) is 0.810. The van der Waals surface area contributed by atoms with Crippen LogP contribution < -0.4 is 19.9 Å². The number of morpholine rings is 1. The number of hydrogen-bond donors (Lipinski definition) is 1. The summed E-state index contributed by atoms with van der Waals surface area (Å²) >= 11 is 0. The summed E-state index contributed by atoms with van der Waals surface area (Å²) < 4.78 is 47.1. The van der Waals surface area contributed by atoms with Crippen molar-refractivity contribution >= 4 is 23.4 Å². The van der Waals surface area contributed by atoms with Crippen molar-refractivity contribution in [2.75, 3.05) is 55.5 Å². The predicted octanol–water partition coefficient (Wildman–Crippen LogP) is 2.53. The lowest BCUT2D eigenvalue weighted by Crippen LogP contribution is -2.37. The third kappa shape index (κ3) is 5.25. The summed E-state index contributed by atoms with van der Waals surface area (Å²) in [5.41, 5.74) is 0.00519. The van der Waals surface area contributed by atoms with E-state index < -0.39 is 18.0 Å². The smallest absolute Gasteiger partial charge is 0.405 e. The van der Waals surface area contributed by atoms with E-state index in [4.69, 9.17) is 4.74 Å². The van der Waals surface area contributed by atoms with Gasteiger partial charge in [-0.05, 0) is 12.1 Å². The maximum atomic E-state index is 12.6. The maximum Gasteiger partial charge on any atom is 0.573 e. The van der Waals surface area contributed by atoms with Crippen molar-refractivity contribution in [2.24, 2.45) is 0 Å². The first-order chi connectivity index (χ1) is 13.7. The molecule has 29 heavy (non-hydrogen) atoms. The van der Waals surface area contributed by atoms with Gasteiger partial charge in [-0.3, -0.25) is 4.79 Å². The molecule has 1 fully saturated rings. The molecule has 11 heteroatoms. The van der Waals surface area contributed by atoms with E-state index in [2.05, 4.69) is 20.0 Å². The molecule has 1 amide bonds. The second-order valence-electron chi connectivity index (χ2n) is 6.40. The Labute approximate surface area is 165 Å². The van der Waals surface area contributed by atoms with Gasteiger partial charge in [0.05, 0.1) is 25.0 Å². The zero-order chi connectivity index (χ0) is 21.0. The summed E-state index contributed by atoms with van der Waals surface area (Å²) in [6, 6.07) is 5.12. The van der Waals surface area contributed by atoms with Crippen LogP contribution in [0, 0.1) is 0 Å². The first-order valence-corrected chi connectivity index (χ1v) is 8.78. The van der Waals surface area contributed by atoms with Crippen molar-refractivity contribution in [3.05, 3.63) is 36.0 Å². The Balaban J connectivity index is 1.85. The number of nitrogens with zero attached hydrogens (tertiary/aromatic N) is 4. The number of ether oxygens (including phenoxy) is 2. The number of para-hydroxylation sites is 1. The van der Waals surface area contributed by atoms with E-state index in [9.17, 15) is 18.0 Å². The molecule has 1 aromatic carbocycles. The van der Waals surface area contributed by atoms with Gasteiger partial charge in [-0.1, -0.05) is 12.1 Å². The second kappa shape index (κ2) is 8.52. The fourth-order valence-corrected chi connectivity index (χ4v) is 2.77. The average molecular weight is 411 g/mol. The number of hydrogen-bond acceptors (Lipinski definition) is 7. The van der Waals surface area contributed by atoms with Crippen molar-refractivity contribution in [3.63, 3.8) is 0 Å². The van der Waals surface area contributed by atoms with Crippen LogP contribution >= 0.6 is 0 Å². The zero-order valence-corrected chi connectivity index (χ0v) is 15.9. The van der Waals surface area contributed by atoms with Crippen molar-refractivity contribution < 1.29 is 27.4 Å². The molecule has 0 radical (unpaired) electrons. The zero-order valence-electron chi connectivity index (χ0n) is 15.9. The molecule has 0 bridgehead atoms. The van der Waals surface area contributed by atoms with E-state index in [0.29, 0.717) is 38.1 Å². The summed E-state index contributed by atoms with van der Waals surface area (Å²) in [6.45, 7) is 2.41. The van der Waals surface area contributed by atoms with Gasteiger partial charge in [0.15, 0.2) is 5.82 Å². The lowest BCUT2D eigenvalue weighted by Gasteiger charge is -2.28. The third-order valence-corrected chi connectivity index (χ3v) is 4.08. The summed E-state index contributed by atoms with van der Waals surface area (Å²) in [5, 5.41) is 2.57. The number of aromatic nitrogens is 2. The number of benzene rings is 1. The van der Waals surface area contributed by atoms with Crippen LogP contribution in [0.1, 0.15) is 10.4 Å². The number of rotatable bonds is 5. The van der Waals surface area contributed by atoms with Gasteiger partial charge in [-0.2, -0.15) is 4.98 Å². The van der Waals surface area contributed by atoms with Crippen LogP contribution in [0.3, 0.4) is 0 Å². The predicted molar refractivity (Wildman–Crippen MR) is 100 cm³/mol. The van der Waals surface area contributed by atoms with Crippen molar-refractivity contribution in [3.8, 4) is 5.75 Å². The lowest BCUT2D eigenvalue weighted by molar-refractivity contribution is -0.274. The minimum Gasteiger partial charge on any atom is -0.405 e. The highest BCUT2D eigenvalue weighted by atomic mass is 19.4. The average Bonchev–Trinajstić information content (AvgIpc) is 2.68. The standard InChI is InChI=1S/C18H20F3N5O3/c1-25(2)15-13(11-22-17(24-15)26-7-9-28-10-8-26)23-16(27)12-5-3-4-6-14(12)29-18(19,20)21/h3-6,11H,7-10H2,1-2H3,(H,23,27). The van der Waals surface area contributed by atoms with E-state index in [0.717, 1.165) is 6.07 Å². The molecule has 2 aromatic rings. The van der Waals surface area contributed by atoms with Gasteiger partial charge in [0.1, 0.15) is 11.4 Å². The van der Waals surface area contributed by atoms with Gasteiger partial charge in [0.25, 0.3) is 5.91 Å². The van der Waals surface area contributed by atoms with Crippen LogP contribution in [0.5, 0.6) is 5.75 Å². The van der Waals surface area contributed by atoms with Crippen LogP contribution in [-0.4, -0.2) is 62.6 Å². The molecule has 2 heterocycles. The molecule has 8 nitrogen and oxygen atoms in total. The van der Waals surface area contributed by atoms with Crippen LogP contribution in [0.25, 0.3) is 0 Å². The first kappa shape index (κ1) is 20.6. The van der Waals surface area contributed by atoms with Crippen LogP contribution in [0.2, 0.25) is 0 Å². The maximum absolute atomic E-state index is 12.6. The lowest BCUT2D eigenvalue weighted by atomic mass is 10.2. The van der Waals surface area contributed by atoms with E-state index in [1.165, 1.54) is 24.4 Å². The molecule has 1 N–H and O–H groups in total. The largest absolute Gasteiger partial charge is 0.573 e. The Hall–Kier alpha value is -3.08. The van der Waals surface area contributed by atoms with E-state index in [1.807, 2.05) is 4.90 Å². The first-order valence-electron chi connectivity index (χ1n) is 8.78. The molecule has 156 valence electrons. The molecular weight excluding hydrogens is 391 g/mol. The second-order valence-corrected chi connectivity index (χ2v) is 6.40. The fourth-order valence-electron chi connectivity index (χ4n) is 2.77.